The molecule has 1 nitrogen and oxygen atoms in total. The summed E-state index contributed by atoms with van der Waals surface area (Å²) in [6, 6.07) is 0. The van der Waals surface area contributed by atoms with Gasteiger partial charge in [-0.3, -0.25) is 0 Å². The van der Waals surface area contributed by atoms with E-state index in [0.29, 0.717) is 0 Å². The highest BCUT2D eigenvalue weighted by molar-refractivity contribution is 7.77. The second-order valence-corrected chi connectivity index (χ2v) is 6.38. The Labute approximate surface area is 145 Å². The highest BCUT2D eigenvalue weighted by atomic mass is 31.1. The van der Waals surface area contributed by atoms with E-state index < -0.39 is 76.7 Å². The lowest BCUT2D eigenvalue weighted by molar-refractivity contribution is 0.372. The molecular weight excluding hydrogens is 417 g/mol. The largest absolute Gasteiger partial charge is 0.450 e. The molecule has 0 spiro atoms. The predicted molar refractivity (Wildman–Crippen MR) is 73.4 cm³/mol. The lowest BCUT2D eigenvalue weighted by Crippen LogP contribution is -2.28. The van der Waals surface area contributed by atoms with Gasteiger partial charge in [0, 0.05) is 0 Å². The molecule has 0 aliphatic carbocycles. The third-order valence-electron chi connectivity index (χ3n) is 3.08. The molecule has 0 aliphatic rings. The summed E-state index contributed by atoms with van der Waals surface area (Å²) in [6.45, 7) is 0. The molecule has 144 valence electrons. The summed E-state index contributed by atoms with van der Waals surface area (Å²) in [5, 5.41) is -3.71. The van der Waals surface area contributed by atoms with E-state index in [0.717, 1.165) is 7.11 Å². The van der Waals surface area contributed by atoms with Crippen molar-refractivity contribution in [2.45, 2.75) is 0 Å². The SMILES string of the molecule is COC#CP(c1c(F)c(F)c(F)c(F)c1F)c1c(F)c(F)c(F)c(F)c1F. The van der Waals surface area contributed by atoms with Crippen LogP contribution in [0.1, 0.15) is 0 Å². The van der Waals surface area contributed by atoms with Gasteiger partial charge in [0.2, 0.25) is 11.6 Å². The van der Waals surface area contributed by atoms with E-state index in [-0.39, 0.29) is 0 Å². The fraction of sp³-hybridized carbons (Fsp3) is 0.0667. The van der Waals surface area contributed by atoms with Crippen molar-refractivity contribution in [3.05, 3.63) is 58.2 Å². The van der Waals surface area contributed by atoms with Crippen molar-refractivity contribution < 1.29 is 48.6 Å². The third-order valence-corrected chi connectivity index (χ3v) is 5.07. The molecule has 0 heterocycles. The minimum absolute atomic E-state index is 0.859. The van der Waals surface area contributed by atoms with Gasteiger partial charge in [-0.05, 0) is 5.66 Å². The summed E-state index contributed by atoms with van der Waals surface area (Å²) in [5.74, 6) is -25.3. The van der Waals surface area contributed by atoms with Crippen LogP contribution in [-0.2, 0) is 4.74 Å². The van der Waals surface area contributed by atoms with Crippen molar-refractivity contribution in [2.24, 2.45) is 0 Å². The maximum Gasteiger partial charge on any atom is 0.200 e. The first-order chi connectivity index (χ1) is 12.6. The van der Waals surface area contributed by atoms with Gasteiger partial charge in [-0.25, -0.2) is 43.9 Å². The molecule has 0 saturated heterocycles. The maximum atomic E-state index is 14.0. The van der Waals surface area contributed by atoms with Crippen LogP contribution in [0.3, 0.4) is 0 Å². The first-order valence-electron chi connectivity index (χ1n) is 6.42. The lowest BCUT2D eigenvalue weighted by atomic mass is 10.3. The summed E-state index contributed by atoms with van der Waals surface area (Å²) >= 11 is 0. The first kappa shape index (κ1) is 20.8. The molecule has 0 atom stereocenters. The zero-order chi connectivity index (χ0) is 20.6. The Morgan fingerprint density at radius 3 is 1.04 bits per heavy atom. The molecule has 0 radical (unpaired) electrons. The van der Waals surface area contributed by atoms with Crippen LogP contribution in [0.15, 0.2) is 0 Å². The quantitative estimate of drug-likeness (QED) is 0.234. The average Bonchev–Trinajstić information content (AvgIpc) is 2.65. The first-order valence-corrected chi connectivity index (χ1v) is 7.76. The van der Waals surface area contributed by atoms with E-state index in [1.54, 1.807) is 11.8 Å². The van der Waals surface area contributed by atoms with Gasteiger partial charge < -0.3 is 4.74 Å². The normalized spacial score (nSPS) is 10.8. The van der Waals surface area contributed by atoms with Gasteiger partial charge >= 0.3 is 0 Å². The van der Waals surface area contributed by atoms with Crippen LogP contribution in [0.25, 0.3) is 0 Å². The number of hydrogen-bond acceptors (Lipinski definition) is 1. The van der Waals surface area contributed by atoms with Gasteiger partial charge in [0.25, 0.3) is 0 Å². The molecule has 0 aliphatic heterocycles. The van der Waals surface area contributed by atoms with Crippen molar-refractivity contribution >= 4 is 18.5 Å². The number of methoxy groups -OCH3 is 1. The Bertz CT molecular complexity index is 867. The molecule has 0 fully saturated rings. The van der Waals surface area contributed by atoms with Gasteiger partial charge in [-0.15, -0.1) is 0 Å². The average molecular weight is 420 g/mol. The summed E-state index contributed by atoms with van der Waals surface area (Å²) < 4.78 is 140. The zero-order valence-corrected chi connectivity index (χ0v) is 13.5. The molecule has 2 aromatic carbocycles. The molecule has 0 aromatic heterocycles. The van der Waals surface area contributed by atoms with Crippen molar-refractivity contribution in [1.82, 2.24) is 0 Å². The van der Waals surface area contributed by atoms with Gasteiger partial charge in [0.15, 0.2) is 46.5 Å². The fourth-order valence-corrected chi connectivity index (χ4v) is 3.70. The van der Waals surface area contributed by atoms with E-state index >= 15 is 0 Å². The topological polar surface area (TPSA) is 9.23 Å². The molecule has 12 heteroatoms. The van der Waals surface area contributed by atoms with E-state index in [9.17, 15) is 43.9 Å². The molecule has 0 saturated carbocycles. The number of hydrogen-bond donors (Lipinski definition) is 0. The Morgan fingerprint density at radius 2 is 0.778 bits per heavy atom. The Kier molecular flexibility index (Phi) is 5.90. The number of benzene rings is 2. The van der Waals surface area contributed by atoms with Crippen LogP contribution in [0.4, 0.5) is 43.9 Å². The summed E-state index contributed by atoms with van der Waals surface area (Å²) in [6.07, 6.45) is 1.60. The molecule has 2 rings (SSSR count). The Morgan fingerprint density at radius 1 is 0.519 bits per heavy atom. The monoisotopic (exact) mass is 420 g/mol. The maximum absolute atomic E-state index is 14.0. The number of rotatable bonds is 2. The van der Waals surface area contributed by atoms with E-state index in [4.69, 9.17) is 0 Å². The second-order valence-electron chi connectivity index (χ2n) is 4.59. The molecule has 27 heavy (non-hydrogen) atoms. The minimum Gasteiger partial charge on any atom is -0.450 e. The summed E-state index contributed by atoms with van der Waals surface area (Å²) in [7, 11) is -2.75. The van der Waals surface area contributed by atoms with Crippen molar-refractivity contribution in [3.63, 3.8) is 0 Å². The Hall–Kier alpha value is -2.47. The van der Waals surface area contributed by atoms with E-state index in [2.05, 4.69) is 4.74 Å². The standard InChI is InChI=1S/C15H3F10OP/c1-26-2-3-27(14-10(22)6(18)4(16)7(19)11(14)23)15-12(24)8(20)5(17)9(21)13(15)25/h1H3. The van der Waals surface area contributed by atoms with Gasteiger partial charge in [0.05, 0.1) is 25.6 Å². The molecule has 0 amide bonds. The molecule has 0 unspecified atom stereocenters. The Balaban J connectivity index is 2.98. The number of halogens is 10. The lowest BCUT2D eigenvalue weighted by Gasteiger charge is -2.17. The van der Waals surface area contributed by atoms with Crippen LogP contribution < -0.4 is 10.6 Å². The minimum atomic E-state index is -3.61. The van der Waals surface area contributed by atoms with Crippen molar-refractivity contribution in [2.75, 3.05) is 7.11 Å². The number of ether oxygens (including phenoxy) is 1. The summed E-state index contributed by atoms with van der Waals surface area (Å²) in [5.41, 5.74) is 1.63. The smallest absolute Gasteiger partial charge is 0.200 e. The molecule has 2 aromatic rings. The van der Waals surface area contributed by atoms with E-state index in [1.807, 2.05) is 0 Å². The molecule has 0 N–H and O–H groups in total. The van der Waals surface area contributed by atoms with E-state index in [1.165, 1.54) is 0 Å². The van der Waals surface area contributed by atoms with Gasteiger partial charge in [-0.1, -0.05) is 0 Å². The van der Waals surface area contributed by atoms with Crippen molar-refractivity contribution in [3.8, 4) is 11.8 Å². The second kappa shape index (κ2) is 7.64. The summed E-state index contributed by atoms with van der Waals surface area (Å²) in [4.78, 5) is 0. The van der Waals surface area contributed by atoms with Gasteiger partial charge in [0.1, 0.15) is 6.11 Å². The highest BCUT2D eigenvalue weighted by Crippen LogP contribution is 2.39. The highest BCUT2D eigenvalue weighted by Gasteiger charge is 2.37. The van der Waals surface area contributed by atoms with Crippen LogP contribution in [-0.4, -0.2) is 7.11 Å². The van der Waals surface area contributed by atoms with Crippen LogP contribution in [0.2, 0.25) is 0 Å². The fourth-order valence-electron chi connectivity index (χ4n) is 1.89. The molecule has 0 bridgehead atoms. The van der Waals surface area contributed by atoms with Crippen LogP contribution >= 0.6 is 7.92 Å². The van der Waals surface area contributed by atoms with Crippen LogP contribution in [0, 0.1) is 69.9 Å². The van der Waals surface area contributed by atoms with Crippen molar-refractivity contribution in [1.29, 1.82) is 0 Å². The third kappa shape index (κ3) is 3.30. The van der Waals surface area contributed by atoms with Crippen LogP contribution in [0.5, 0.6) is 0 Å². The zero-order valence-electron chi connectivity index (χ0n) is 12.6. The molecular formula is C15H3F10OP. The van der Waals surface area contributed by atoms with Gasteiger partial charge in [-0.2, -0.15) is 0 Å². The predicted octanol–water partition coefficient (Wildman–Crippen LogP) is 4.08.